The number of aromatic nitrogens is 3. The van der Waals surface area contributed by atoms with Crippen molar-refractivity contribution in [1.29, 1.82) is 0 Å². The van der Waals surface area contributed by atoms with Gasteiger partial charge in [0.15, 0.2) is 0 Å². The lowest BCUT2D eigenvalue weighted by atomic mass is 10.0. The molecule has 1 saturated heterocycles. The van der Waals surface area contributed by atoms with Crippen LogP contribution in [0.4, 0.5) is 11.9 Å². The van der Waals surface area contributed by atoms with Gasteiger partial charge in [0.2, 0.25) is 11.9 Å². The summed E-state index contributed by atoms with van der Waals surface area (Å²) in [6, 6.07) is 0.907. The Labute approximate surface area is 121 Å². The minimum absolute atomic E-state index is 0.405. The fourth-order valence-electron chi connectivity index (χ4n) is 2.64. The monoisotopic (exact) mass is 279 g/mol. The second kappa shape index (κ2) is 6.72. The zero-order chi connectivity index (χ0) is 14.5. The normalized spacial score (nSPS) is 18.6. The summed E-state index contributed by atoms with van der Waals surface area (Å²) in [6.45, 7) is 10.8. The molecule has 6 heteroatoms. The van der Waals surface area contributed by atoms with Crippen molar-refractivity contribution in [3.05, 3.63) is 0 Å². The van der Waals surface area contributed by atoms with E-state index >= 15 is 0 Å². The lowest BCUT2D eigenvalue weighted by Crippen LogP contribution is -2.35. The summed E-state index contributed by atoms with van der Waals surface area (Å²) in [7, 11) is 0. The maximum Gasteiger partial charge on any atom is 0.323 e. The molecule has 0 saturated carbocycles. The summed E-state index contributed by atoms with van der Waals surface area (Å²) >= 11 is 0. The Bertz CT molecular complexity index is 413. The highest BCUT2D eigenvalue weighted by molar-refractivity contribution is 5.40. The molecule has 1 atom stereocenters. The van der Waals surface area contributed by atoms with Crippen molar-refractivity contribution in [1.82, 2.24) is 15.0 Å². The van der Waals surface area contributed by atoms with E-state index in [1.165, 1.54) is 12.8 Å². The maximum atomic E-state index is 5.46. The van der Waals surface area contributed by atoms with Crippen molar-refractivity contribution in [2.45, 2.75) is 46.6 Å². The smallest absolute Gasteiger partial charge is 0.323 e. The Kier molecular flexibility index (Phi) is 4.98. The molecule has 0 radical (unpaired) electrons. The minimum atomic E-state index is 0.405. The molecule has 20 heavy (non-hydrogen) atoms. The van der Waals surface area contributed by atoms with Gasteiger partial charge in [0, 0.05) is 19.1 Å². The third kappa shape index (κ3) is 3.29. The van der Waals surface area contributed by atoms with Gasteiger partial charge in [-0.05, 0) is 32.6 Å². The van der Waals surface area contributed by atoms with Crippen molar-refractivity contribution in [3.8, 4) is 6.01 Å². The maximum absolute atomic E-state index is 5.46. The Hall–Kier alpha value is -1.59. The lowest BCUT2D eigenvalue weighted by Gasteiger charge is -2.27. The van der Waals surface area contributed by atoms with Gasteiger partial charge < -0.3 is 15.0 Å². The van der Waals surface area contributed by atoms with E-state index in [2.05, 4.69) is 39.0 Å². The average Bonchev–Trinajstić information content (AvgIpc) is 2.88. The second-order valence-electron chi connectivity index (χ2n) is 5.35. The molecule has 0 aromatic carbocycles. The molecule has 1 aromatic heterocycles. The molecular weight excluding hydrogens is 254 g/mol. The number of ether oxygens (including phenoxy) is 1. The van der Waals surface area contributed by atoms with E-state index in [9.17, 15) is 0 Å². The first-order valence-corrected chi connectivity index (χ1v) is 7.55. The van der Waals surface area contributed by atoms with Gasteiger partial charge in [0.1, 0.15) is 0 Å². The molecule has 0 aliphatic carbocycles. The van der Waals surface area contributed by atoms with E-state index in [1.54, 1.807) is 0 Å². The van der Waals surface area contributed by atoms with Gasteiger partial charge in [0.05, 0.1) is 6.61 Å². The molecule has 1 N–H and O–H groups in total. The van der Waals surface area contributed by atoms with Crippen LogP contribution >= 0.6 is 0 Å². The summed E-state index contributed by atoms with van der Waals surface area (Å²) in [5.74, 6) is 1.92. The van der Waals surface area contributed by atoms with Crippen LogP contribution in [0.2, 0.25) is 0 Å². The van der Waals surface area contributed by atoms with Crippen LogP contribution in [0.1, 0.15) is 40.5 Å². The fourth-order valence-corrected chi connectivity index (χ4v) is 2.64. The van der Waals surface area contributed by atoms with Crippen LogP contribution in [0.3, 0.4) is 0 Å². The van der Waals surface area contributed by atoms with E-state index in [-0.39, 0.29) is 0 Å². The van der Waals surface area contributed by atoms with Crippen LogP contribution < -0.4 is 15.0 Å². The standard InChI is InChI=1S/C14H25N5O/c1-5-15-12-16-13(18-14(17-12)20-6-2)19-9-7-8-11(19)10(3)4/h10-11H,5-9H2,1-4H3,(H,15,16,17,18). The molecule has 1 unspecified atom stereocenters. The highest BCUT2D eigenvalue weighted by atomic mass is 16.5. The summed E-state index contributed by atoms with van der Waals surface area (Å²) in [5.41, 5.74) is 0. The van der Waals surface area contributed by atoms with Gasteiger partial charge in [0.25, 0.3) is 0 Å². The van der Waals surface area contributed by atoms with E-state index < -0.39 is 0 Å². The molecule has 0 spiro atoms. The third-order valence-electron chi connectivity index (χ3n) is 3.54. The predicted octanol–water partition coefficient (Wildman–Crippen LogP) is 2.33. The lowest BCUT2D eigenvalue weighted by molar-refractivity contribution is 0.311. The molecular formula is C14H25N5O. The number of nitrogens with zero attached hydrogens (tertiary/aromatic N) is 4. The number of hydrogen-bond donors (Lipinski definition) is 1. The first-order chi connectivity index (χ1) is 9.65. The first-order valence-electron chi connectivity index (χ1n) is 7.55. The Morgan fingerprint density at radius 2 is 2.10 bits per heavy atom. The molecule has 1 aliphatic rings. The quantitative estimate of drug-likeness (QED) is 0.862. The van der Waals surface area contributed by atoms with Crippen LogP contribution in [0, 0.1) is 5.92 Å². The minimum Gasteiger partial charge on any atom is -0.464 e. The van der Waals surface area contributed by atoms with E-state index in [1.807, 2.05) is 13.8 Å². The van der Waals surface area contributed by atoms with Crippen molar-refractivity contribution in [2.24, 2.45) is 5.92 Å². The van der Waals surface area contributed by atoms with Crippen molar-refractivity contribution in [3.63, 3.8) is 0 Å². The number of anilines is 2. The molecule has 2 heterocycles. The van der Waals surface area contributed by atoms with Crippen LogP contribution in [-0.2, 0) is 0 Å². The predicted molar refractivity (Wildman–Crippen MR) is 80.4 cm³/mol. The second-order valence-corrected chi connectivity index (χ2v) is 5.35. The zero-order valence-electron chi connectivity index (χ0n) is 12.9. The van der Waals surface area contributed by atoms with E-state index in [0.717, 1.165) is 19.0 Å². The molecule has 0 amide bonds. The van der Waals surface area contributed by atoms with Crippen molar-refractivity contribution >= 4 is 11.9 Å². The van der Waals surface area contributed by atoms with E-state index in [4.69, 9.17) is 4.74 Å². The Morgan fingerprint density at radius 3 is 2.75 bits per heavy atom. The van der Waals surface area contributed by atoms with Gasteiger partial charge in [-0.15, -0.1) is 0 Å². The third-order valence-corrected chi connectivity index (χ3v) is 3.54. The molecule has 1 aromatic rings. The molecule has 1 fully saturated rings. The molecule has 1 aliphatic heterocycles. The zero-order valence-corrected chi connectivity index (χ0v) is 12.9. The molecule has 2 rings (SSSR count). The number of rotatable bonds is 6. The molecule has 112 valence electrons. The Balaban J connectivity index is 2.29. The first kappa shape index (κ1) is 14.8. The average molecular weight is 279 g/mol. The molecule has 6 nitrogen and oxygen atoms in total. The van der Waals surface area contributed by atoms with Crippen LogP contribution in [-0.4, -0.2) is 40.7 Å². The number of hydrogen-bond acceptors (Lipinski definition) is 6. The molecule has 0 bridgehead atoms. The fraction of sp³-hybridized carbons (Fsp3) is 0.786. The summed E-state index contributed by atoms with van der Waals surface area (Å²) in [4.78, 5) is 15.6. The number of nitrogens with one attached hydrogen (secondary N) is 1. The van der Waals surface area contributed by atoms with Gasteiger partial charge >= 0.3 is 6.01 Å². The highest BCUT2D eigenvalue weighted by Crippen LogP contribution is 2.28. The topological polar surface area (TPSA) is 63.2 Å². The Morgan fingerprint density at radius 1 is 1.30 bits per heavy atom. The summed E-state index contributed by atoms with van der Waals surface area (Å²) < 4.78 is 5.46. The van der Waals surface area contributed by atoms with Crippen LogP contribution in [0.5, 0.6) is 6.01 Å². The van der Waals surface area contributed by atoms with Crippen LogP contribution in [0.25, 0.3) is 0 Å². The van der Waals surface area contributed by atoms with Gasteiger partial charge in [-0.2, -0.15) is 15.0 Å². The van der Waals surface area contributed by atoms with Crippen molar-refractivity contribution < 1.29 is 4.74 Å². The SMILES string of the molecule is CCNc1nc(OCC)nc(N2CCCC2C(C)C)n1. The van der Waals surface area contributed by atoms with Gasteiger partial charge in [-0.3, -0.25) is 0 Å². The summed E-state index contributed by atoms with van der Waals surface area (Å²) in [5, 5.41) is 3.15. The van der Waals surface area contributed by atoms with Gasteiger partial charge in [-0.1, -0.05) is 13.8 Å². The van der Waals surface area contributed by atoms with Crippen LogP contribution in [0.15, 0.2) is 0 Å². The van der Waals surface area contributed by atoms with Gasteiger partial charge in [-0.25, -0.2) is 0 Å². The van der Waals surface area contributed by atoms with E-state index in [0.29, 0.717) is 30.5 Å². The highest BCUT2D eigenvalue weighted by Gasteiger charge is 2.29. The summed E-state index contributed by atoms with van der Waals surface area (Å²) in [6.07, 6.45) is 2.39. The van der Waals surface area contributed by atoms with Crippen molar-refractivity contribution in [2.75, 3.05) is 29.9 Å². The largest absolute Gasteiger partial charge is 0.464 e.